The Morgan fingerprint density at radius 2 is 0.909 bits per heavy atom. The average molecular weight is 1080 g/mol. The lowest BCUT2D eigenvalue weighted by Gasteiger charge is -2.29. The Morgan fingerprint density at radius 1 is 0.506 bits per heavy atom. The number of H-pyrrole nitrogens is 1. The molecule has 1 aromatic heterocycles. The maximum Gasteiger partial charge on any atom is 0.245 e. The second kappa shape index (κ2) is 31.2. The van der Waals surface area contributed by atoms with Gasteiger partial charge in [0.25, 0.3) is 0 Å². The van der Waals surface area contributed by atoms with E-state index in [1.54, 1.807) is 58.2 Å². The van der Waals surface area contributed by atoms with Crippen LogP contribution in [0.3, 0.4) is 0 Å². The number of aromatic nitrogens is 1. The predicted octanol–water partition coefficient (Wildman–Crippen LogP) is -1.54. The molecule has 77 heavy (non-hydrogen) atoms. The summed E-state index contributed by atoms with van der Waals surface area (Å²) in [5.74, 6) is -11.9. The van der Waals surface area contributed by atoms with Gasteiger partial charge in [-0.2, -0.15) is 0 Å². The molecule has 3 rings (SSSR count). The average Bonchev–Trinajstić information content (AvgIpc) is 3.75. The highest BCUT2D eigenvalue weighted by atomic mass is 16.3. The van der Waals surface area contributed by atoms with Gasteiger partial charge in [0, 0.05) is 23.5 Å². The summed E-state index contributed by atoms with van der Waals surface area (Å²) in [6, 6.07) is -7.19. The fourth-order valence-electron chi connectivity index (χ4n) is 8.69. The first-order valence-corrected chi connectivity index (χ1v) is 26.4. The number of nitrogens with one attached hydrogen (secondary N) is 10. The molecule has 25 heteroatoms. The molecule has 11 atom stereocenters. The van der Waals surface area contributed by atoms with Crippen LogP contribution in [-0.4, -0.2) is 147 Å². The summed E-state index contributed by atoms with van der Waals surface area (Å²) < 4.78 is 0. The van der Waals surface area contributed by atoms with Gasteiger partial charge in [0.2, 0.25) is 65.0 Å². The van der Waals surface area contributed by atoms with Crippen LogP contribution in [0.1, 0.15) is 132 Å². The summed E-state index contributed by atoms with van der Waals surface area (Å²) in [5, 5.41) is 44.9. The third kappa shape index (κ3) is 21.1. The van der Waals surface area contributed by atoms with Gasteiger partial charge in [-0.1, -0.05) is 91.3 Å². The Hall–Kier alpha value is -7.15. The van der Waals surface area contributed by atoms with Gasteiger partial charge in [-0.3, -0.25) is 52.7 Å². The van der Waals surface area contributed by atoms with E-state index in [2.05, 4.69) is 59.8 Å². The lowest BCUT2D eigenvalue weighted by atomic mass is 9.99. The maximum atomic E-state index is 14.6. The lowest BCUT2D eigenvalue weighted by molar-refractivity contribution is -0.138. The molecular weight excluding hydrogens is 1000 g/mol. The number of unbranched alkanes of at least 4 members (excludes halogenated alkanes) is 5. The van der Waals surface area contributed by atoms with Crippen LogP contribution in [0.4, 0.5) is 0 Å². The molecule has 2 heterocycles. The number of aliphatic hydroxyl groups is 2. The lowest BCUT2D eigenvalue weighted by Crippen LogP contribution is -2.62. The molecule has 1 fully saturated rings. The molecule has 1 saturated heterocycles. The minimum Gasteiger partial charge on any atom is -0.391 e. The molecule has 16 N–H and O–H groups in total. The molecule has 25 nitrogen and oxygen atoms in total. The number of aromatic amines is 1. The summed E-state index contributed by atoms with van der Waals surface area (Å²) in [4.78, 5) is 155. The van der Waals surface area contributed by atoms with Crippen molar-refractivity contribution in [3.63, 3.8) is 0 Å². The normalized spacial score (nSPS) is 25.2. The van der Waals surface area contributed by atoms with Crippen molar-refractivity contribution >= 4 is 75.9 Å². The van der Waals surface area contributed by atoms with Crippen molar-refractivity contribution in [2.75, 3.05) is 0 Å². The van der Waals surface area contributed by atoms with Gasteiger partial charge in [-0.05, 0) is 63.5 Å². The van der Waals surface area contributed by atoms with Gasteiger partial charge in [-0.15, -0.1) is 0 Å². The number of hydrogen-bond acceptors (Lipinski definition) is 13. The largest absolute Gasteiger partial charge is 0.391 e. The Kier molecular flexibility index (Phi) is 26.0. The van der Waals surface area contributed by atoms with Gasteiger partial charge in [0.05, 0.1) is 25.0 Å². The molecule has 0 bridgehead atoms. The fourth-order valence-corrected chi connectivity index (χ4v) is 8.69. The molecule has 1 aliphatic heterocycles. The van der Waals surface area contributed by atoms with Gasteiger partial charge < -0.3 is 74.5 Å². The number of nitrogens with two attached hydrogens (primary N) is 2. The standard InChI is InChI=1S/C52H82N12O13/c1-9-10-11-12-13-14-19-34-45(70)60-37(22-31-25-55-33-18-16-15-17-32(31)33)50(75)63-42(29(7)65)51(76)56-28(6)44(69)58-38(23-40(53)67)47(72)61-39(24-41(54)68)48(73)59-36(21-27(4)5)49(74)64-43(30(8)66)52(77)62-35(20-26(2)3)46(71)57-34/h15-18,25-30,34-39,42-43,55,65-66H,9-14,19-24H2,1-8H3,(H2,53,67)(H2,54,68)(H,56,76)(H,57,71)(H,58,69)(H,59,73)(H,60,70)(H,61,72)(H,62,77)(H,63,75)(H,64,74)/t28-,29+,30+,34+,35+,36+,37-,38-,39+,42-,43-/m0/s1. The molecule has 1 aliphatic rings. The topological polar surface area (TPSA) is 404 Å². The van der Waals surface area contributed by atoms with Crippen LogP contribution in [0.25, 0.3) is 10.9 Å². The number of para-hydroxylation sites is 1. The van der Waals surface area contributed by atoms with Gasteiger partial charge in [0.1, 0.15) is 54.4 Å². The number of primary amides is 2. The Bertz CT molecular complexity index is 2390. The number of carbonyl (C=O) groups excluding carboxylic acids is 11. The number of benzene rings is 1. The summed E-state index contributed by atoms with van der Waals surface area (Å²) in [6.07, 6.45) is 1.43. The molecular formula is C52H82N12O13. The zero-order chi connectivity index (χ0) is 57.7. The van der Waals surface area contributed by atoms with Crippen molar-refractivity contribution in [3.8, 4) is 0 Å². The van der Waals surface area contributed by atoms with E-state index in [0.717, 1.165) is 25.7 Å². The highest BCUT2D eigenvalue weighted by molar-refractivity contribution is 6.01. The Labute approximate surface area is 448 Å². The Morgan fingerprint density at radius 3 is 1.43 bits per heavy atom. The van der Waals surface area contributed by atoms with Crippen LogP contribution in [0.5, 0.6) is 0 Å². The Balaban J connectivity index is 2.23. The van der Waals surface area contributed by atoms with Crippen molar-refractivity contribution in [3.05, 3.63) is 36.0 Å². The zero-order valence-electron chi connectivity index (χ0n) is 45.4. The number of aliphatic hydroxyl groups excluding tert-OH is 2. The first kappa shape index (κ1) is 64.1. The minimum absolute atomic E-state index is 0.0107. The second-order valence-electron chi connectivity index (χ2n) is 20.8. The molecule has 0 unspecified atom stereocenters. The smallest absolute Gasteiger partial charge is 0.245 e. The van der Waals surface area contributed by atoms with Crippen LogP contribution in [0.15, 0.2) is 30.5 Å². The third-order valence-corrected chi connectivity index (χ3v) is 12.8. The van der Waals surface area contributed by atoms with Crippen LogP contribution >= 0.6 is 0 Å². The van der Waals surface area contributed by atoms with Crippen LogP contribution in [0.2, 0.25) is 0 Å². The van der Waals surface area contributed by atoms with Gasteiger partial charge in [0.15, 0.2) is 0 Å². The SMILES string of the molecule is CCCCCCCC[C@H]1NC(=O)[C@@H](CC(C)C)NC(=O)[C@H]([C@@H](C)O)NC(=O)[C@@H](CC(C)C)NC(=O)[C@@H](CC(N)=O)NC(=O)[C@H](CC(N)=O)NC(=O)[C@H](C)NC(=O)[C@H]([C@@H](C)O)NC(=O)[C@H](Cc2c[nH]c3ccccc23)NC1=O. The van der Waals surface area contributed by atoms with E-state index >= 15 is 0 Å². The quantitative estimate of drug-likeness (QED) is 0.0711. The van der Waals surface area contributed by atoms with Gasteiger partial charge >= 0.3 is 0 Å². The van der Waals surface area contributed by atoms with E-state index in [-0.39, 0.29) is 37.5 Å². The maximum absolute atomic E-state index is 14.6. The van der Waals surface area contributed by atoms with E-state index in [0.29, 0.717) is 29.3 Å². The van der Waals surface area contributed by atoms with Crippen LogP contribution in [-0.2, 0) is 59.2 Å². The molecule has 2 aromatic rings. The molecule has 0 aliphatic carbocycles. The first-order valence-electron chi connectivity index (χ1n) is 26.4. The number of carbonyl (C=O) groups is 11. The van der Waals surface area contributed by atoms with E-state index in [1.165, 1.54) is 20.8 Å². The zero-order valence-corrected chi connectivity index (χ0v) is 45.4. The number of hydrogen-bond donors (Lipinski definition) is 14. The van der Waals surface area contributed by atoms with Crippen molar-refractivity contribution < 1.29 is 63.0 Å². The number of fused-ring (bicyclic) bond motifs is 1. The number of amides is 11. The minimum atomic E-state index is -1.84. The summed E-state index contributed by atoms with van der Waals surface area (Å²) in [7, 11) is 0. The molecule has 0 spiro atoms. The van der Waals surface area contributed by atoms with Crippen molar-refractivity contribution in [1.82, 2.24) is 52.8 Å². The second-order valence-corrected chi connectivity index (χ2v) is 20.8. The molecule has 0 radical (unpaired) electrons. The molecule has 0 saturated carbocycles. The third-order valence-electron chi connectivity index (χ3n) is 12.8. The monoisotopic (exact) mass is 1080 g/mol. The van der Waals surface area contributed by atoms with Crippen LogP contribution < -0.4 is 59.3 Å². The highest BCUT2D eigenvalue weighted by Gasteiger charge is 2.38. The fraction of sp³-hybridized carbons (Fsp3) is 0.635. The van der Waals surface area contributed by atoms with Gasteiger partial charge in [-0.25, -0.2) is 0 Å². The molecule has 428 valence electrons. The summed E-state index contributed by atoms with van der Waals surface area (Å²) in [6.45, 7) is 12.6. The van der Waals surface area contributed by atoms with E-state index in [4.69, 9.17) is 11.5 Å². The summed E-state index contributed by atoms with van der Waals surface area (Å²) >= 11 is 0. The first-order chi connectivity index (χ1) is 36.2. The van der Waals surface area contributed by atoms with E-state index < -0.39 is 144 Å². The molecule has 11 amide bonds. The molecule has 1 aromatic carbocycles. The van der Waals surface area contributed by atoms with E-state index in [1.807, 2.05) is 0 Å². The van der Waals surface area contributed by atoms with Crippen molar-refractivity contribution in [2.45, 2.75) is 199 Å². The number of rotatable bonds is 19. The van der Waals surface area contributed by atoms with Crippen LogP contribution in [0, 0.1) is 11.8 Å². The van der Waals surface area contributed by atoms with Crippen molar-refractivity contribution in [1.29, 1.82) is 0 Å². The predicted molar refractivity (Wildman–Crippen MR) is 283 cm³/mol. The highest BCUT2D eigenvalue weighted by Crippen LogP contribution is 2.20. The van der Waals surface area contributed by atoms with Crippen molar-refractivity contribution in [2.24, 2.45) is 23.3 Å². The summed E-state index contributed by atoms with van der Waals surface area (Å²) in [5.41, 5.74) is 12.1. The van der Waals surface area contributed by atoms with E-state index in [9.17, 15) is 63.0 Å².